The number of piperidine rings is 1. The molecule has 0 saturated carbocycles. The van der Waals surface area contributed by atoms with Crippen LogP contribution in [0.5, 0.6) is 0 Å². The summed E-state index contributed by atoms with van der Waals surface area (Å²) in [4.78, 5) is 40.3. The minimum Gasteiger partial charge on any atom is -0.369 e. The highest BCUT2D eigenvalue weighted by Gasteiger charge is 2.28. The molecule has 3 N–H and O–H groups in total. The van der Waals surface area contributed by atoms with Crippen molar-refractivity contribution in [3.8, 4) is 5.69 Å². The van der Waals surface area contributed by atoms with E-state index < -0.39 is 5.91 Å². The van der Waals surface area contributed by atoms with Crippen LogP contribution in [0.1, 0.15) is 40.2 Å². The van der Waals surface area contributed by atoms with Crippen molar-refractivity contribution in [2.24, 2.45) is 5.73 Å². The SMILES string of the molecule is NC(=O)c1cccc2cn(-c3ccc(N4CCN(Cc5cccc(C6CCC(=O)NC6=O)c5)CC4)cc3)nc12. The fraction of sp³-hybridized carbons (Fsp3) is 0.267. The van der Waals surface area contributed by atoms with E-state index in [2.05, 4.69) is 44.5 Å². The third kappa shape index (κ3) is 5.13. The number of fused-ring (bicyclic) bond motifs is 1. The Labute approximate surface area is 226 Å². The number of nitrogens with two attached hydrogens (primary N) is 1. The van der Waals surface area contributed by atoms with Crippen molar-refractivity contribution in [1.82, 2.24) is 20.0 Å². The van der Waals surface area contributed by atoms with Gasteiger partial charge in [-0.2, -0.15) is 5.10 Å². The molecule has 3 amide bonds. The van der Waals surface area contributed by atoms with E-state index in [1.54, 1.807) is 10.7 Å². The number of hydrogen-bond acceptors (Lipinski definition) is 6. The fourth-order valence-corrected chi connectivity index (χ4v) is 5.53. The zero-order chi connectivity index (χ0) is 26.9. The average molecular weight is 523 g/mol. The van der Waals surface area contributed by atoms with Crippen molar-refractivity contribution in [1.29, 1.82) is 0 Å². The molecule has 6 rings (SSSR count). The first kappa shape index (κ1) is 24.8. The summed E-state index contributed by atoms with van der Waals surface area (Å²) < 4.78 is 1.78. The third-order valence-electron chi connectivity index (χ3n) is 7.65. The molecule has 1 aromatic heterocycles. The smallest absolute Gasteiger partial charge is 0.250 e. The molecular weight excluding hydrogens is 492 g/mol. The molecule has 3 aromatic carbocycles. The number of aromatic nitrogens is 2. The molecular formula is C30H30N6O3. The van der Waals surface area contributed by atoms with Gasteiger partial charge in [0.15, 0.2) is 0 Å². The molecule has 2 fully saturated rings. The number of piperazine rings is 1. The molecule has 0 radical (unpaired) electrons. The molecule has 2 aliphatic heterocycles. The van der Waals surface area contributed by atoms with E-state index in [-0.39, 0.29) is 17.7 Å². The molecule has 9 heteroatoms. The van der Waals surface area contributed by atoms with Crippen LogP contribution >= 0.6 is 0 Å². The Bertz CT molecular complexity index is 1550. The second-order valence-corrected chi connectivity index (χ2v) is 10.2. The normalized spacial score (nSPS) is 18.4. The summed E-state index contributed by atoms with van der Waals surface area (Å²) in [5.41, 5.74) is 10.8. The Balaban J connectivity index is 1.08. The van der Waals surface area contributed by atoms with Gasteiger partial charge in [-0.3, -0.25) is 24.6 Å². The molecule has 2 aliphatic rings. The maximum atomic E-state index is 12.3. The first-order chi connectivity index (χ1) is 18.9. The average Bonchev–Trinajstić information content (AvgIpc) is 3.38. The summed E-state index contributed by atoms with van der Waals surface area (Å²) in [6, 6.07) is 21.9. The van der Waals surface area contributed by atoms with Gasteiger partial charge in [0.2, 0.25) is 11.8 Å². The van der Waals surface area contributed by atoms with Crippen molar-refractivity contribution >= 4 is 34.3 Å². The van der Waals surface area contributed by atoms with Gasteiger partial charge in [0.1, 0.15) is 5.52 Å². The van der Waals surface area contributed by atoms with E-state index in [0.717, 1.165) is 55.0 Å². The summed E-state index contributed by atoms with van der Waals surface area (Å²) >= 11 is 0. The van der Waals surface area contributed by atoms with Crippen LogP contribution in [0.25, 0.3) is 16.6 Å². The van der Waals surface area contributed by atoms with Gasteiger partial charge in [0.25, 0.3) is 5.91 Å². The Hall–Kier alpha value is -4.50. The minimum atomic E-state index is -0.484. The number of benzene rings is 3. The zero-order valence-electron chi connectivity index (χ0n) is 21.5. The highest BCUT2D eigenvalue weighted by molar-refractivity contribution is 6.04. The lowest BCUT2D eigenvalue weighted by molar-refractivity contribution is -0.134. The van der Waals surface area contributed by atoms with E-state index in [1.807, 2.05) is 42.6 Å². The number of hydrogen-bond donors (Lipinski definition) is 2. The van der Waals surface area contributed by atoms with Gasteiger partial charge in [-0.25, -0.2) is 4.68 Å². The Morgan fingerprint density at radius 3 is 2.44 bits per heavy atom. The summed E-state index contributed by atoms with van der Waals surface area (Å²) in [6.45, 7) is 4.53. The van der Waals surface area contributed by atoms with Crippen LogP contribution in [-0.2, 0) is 16.1 Å². The van der Waals surface area contributed by atoms with E-state index >= 15 is 0 Å². The lowest BCUT2D eigenvalue weighted by Crippen LogP contribution is -2.46. The quantitative estimate of drug-likeness (QED) is 0.377. The van der Waals surface area contributed by atoms with Crippen molar-refractivity contribution in [2.75, 3.05) is 31.1 Å². The molecule has 39 heavy (non-hydrogen) atoms. The molecule has 0 spiro atoms. The summed E-state index contributed by atoms with van der Waals surface area (Å²) in [7, 11) is 0. The number of primary amides is 1. The van der Waals surface area contributed by atoms with E-state index in [0.29, 0.717) is 23.9 Å². The number of imide groups is 1. The van der Waals surface area contributed by atoms with E-state index in [1.165, 1.54) is 5.56 Å². The number of amides is 3. The molecule has 1 atom stereocenters. The van der Waals surface area contributed by atoms with Gasteiger partial charge in [-0.1, -0.05) is 36.4 Å². The van der Waals surface area contributed by atoms with Crippen molar-refractivity contribution in [3.05, 3.63) is 89.6 Å². The lowest BCUT2D eigenvalue weighted by atomic mass is 9.89. The first-order valence-electron chi connectivity index (χ1n) is 13.2. The van der Waals surface area contributed by atoms with Gasteiger partial charge < -0.3 is 10.6 Å². The van der Waals surface area contributed by atoms with Gasteiger partial charge in [-0.05, 0) is 47.9 Å². The van der Waals surface area contributed by atoms with Crippen LogP contribution in [0.2, 0.25) is 0 Å². The van der Waals surface area contributed by atoms with E-state index in [4.69, 9.17) is 5.73 Å². The standard InChI is InChI=1S/C30H30N6O3/c31-29(38)26-6-2-5-22-19-36(33-28(22)26)24-9-7-23(8-10-24)35-15-13-34(14-16-35)18-20-3-1-4-21(17-20)25-11-12-27(37)32-30(25)39/h1-10,17,19,25H,11-16,18H2,(H2,31,38)(H,32,37,39). The molecule has 9 nitrogen and oxygen atoms in total. The molecule has 4 aromatic rings. The van der Waals surface area contributed by atoms with Crippen molar-refractivity contribution in [3.63, 3.8) is 0 Å². The Morgan fingerprint density at radius 2 is 1.69 bits per heavy atom. The largest absolute Gasteiger partial charge is 0.369 e. The number of carbonyl (C=O) groups excluding carboxylic acids is 3. The molecule has 198 valence electrons. The topological polar surface area (TPSA) is 114 Å². The fourth-order valence-electron chi connectivity index (χ4n) is 5.53. The van der Waals surface area contributed by atoms with E-state index in [9.17, 15) is 14.4 Å². The highest BCUT2D eigenvalue weighted by atomic mass is 16.2. The highest BCUT2D eigenvalue weighted by Crippen LogP contribution is 2.26. The predicted octanol–water partition coefficient (Wildman–Crippen LogP) is 2.97. The second kappa shape index (κ2) is 10.3. The Kier molecular flexibility index (Phi) is 6.58. The lowest BCUT2D eigenvalue weighted by Gasteiger charge is -2.36. The summed E-state index contributed by atoms with van der Waals surface area (Å²) in [5, 5.41) is 7.93. The number of anilines is 1. The van der Waals surface area contributed by atoms with Crippen LogP contribution in [-0.4, -0.2) is 58.6 Å². The zero-order valence-corrected chi connectivity index (χ0v) is 21.5. The van der Waals surface area contributed by atoms with Gasteiger partial charge in [0, 0.05) is 56.4 Å². The monoisotopic (exact) mass is 522 g/mol. The number of nitrogens with one attached hydrogen (secondary N) is 1. The van der Waals surface area contributed by atoms with Crippen LogP contribution in [0.15, 0.2) is 72.9 Å². The van der Waals surface area contributed by atoms with Gasteiger partial charge in [-0.15, -0.1) is 0 Å². The first-order valence-corrected chi connectivity index (χ1v) is 13.2. The minimum absolute atomic E-state index is 0.186. The van der Waals surface area contributed by atoms with Gasteiger partial charge in [0.05, 0.1) is 17.2 Å². The molecule has 1 unspecified atom stereocenters. The maximum Gasteiger partial charge on any atom is 0.250 e. The van der Waals surface area contributed by atoms with Crippen LogP contribution < -0.4 is 16.0 Å². The molecule has 3 heterocycles. The maximum absolute atomic E-state index is 12.3. The second-order valence-electron chi connectivity index (χ2n) is 10.2. The predicted molar refractivity (Wildman–Crippen MR) is 149 cm³/mol. The summed E-state index contributed by atoms with van der Waals surface area (Å²) in [6.07, 6.45) is 2.86. The molecule has 2 saturated heterocycles. The van der Waals surface area contributed by atoms with Crippen LogP contribution in [0.4, 0.5) is 5.69 Å². The van der Waals surface area contributed by atoms with Crippen LogP contribution in [0, 0.1) is 0 Å². The Morgan fingerprint density at radius 1 is 0.949 bits per heavy atom. The van der Waals surface area contributed by atoms with Crippen molar-refractivity contribution < 1.29 is 14.4 Å². The molecule has 0 aliphatic carbocycles. The summed E-state index contributed by atoms with van der Waals surface area (Å²) in [5.74, 6) is -1.12. The van der Waals surface area contributed by atoms with Crippen LogP contribution in [0.3, 0.4) is 0 Å². The number of nitrogens with zero attached hydrogens (tertiary/aromatic N) is 4. The molecule has 0 bridgehead atoms. The third-order valence-corrected chi connectivity index (χ3v) is 7.65. The number of rotatable bonds is 6. The van der Waals surface area contributed by atoms with Gasteiger partial charge >= 0.3 is 0 Å². The van der Waals surface area contributed by atoms with Crippen molar-refractivity contribution in [2.45, 2.75) is 25.3 Å². The number of carbonyl (C=O) groups is 3.